The van der Waals surface area contributed by atoms with Crippen LogP contribution in [0.3, 0.4) is 0 Å². The number of carbonyl (C=O) groups is 2. The van der Waals surface area contributed by atoms with Crippen molar-refractivity contribution in [2.24, 2.45) is 0 Å². The van der Waals surface area contributed by atoms with E-state index >= 15 is 0 Å². The van der Waals surface area contributed by atoms with E-state index in [9.17, 15) is 22.8 Å². The van der Waals surface area contributed by atoms with Crippen molar-refractivity contribution in [1.82, 2.24) is 0 Å². The molecule has 0 aliphatic rings. The number of halogens is 3. The van der Waals surface area contributed by atoms with Crippen molar-refractivity contribution in [3.05, 3.63) is 29.8 Å². The van der Waals surface area contributed by atoms with E-state index in [1.54, 1.807) is 20.8 Å². The second kappa shape index (κ2) is 8.79. The van der Waals surface area contributed by atoms with Crippen molar-refractivity contribution in [1.29, 1.82) is 0 Å². The smallest absolute Gasteiger partial charge is 0.417 e. The third-order valence-electron chi connectivity index (χ3n) is 3.01. The van der Waals surface area contributed by atoms with Crippen LogP contribution in [0.25, 0.3) is 5.57 Å². The third kappa shape index (κ3) is 6.84. The number of carbonyl (C=O) groups excluding carboxylic acids is 2. The number of amides is 1. The minimum atomic E-state index is -4.91. The molecule has 27 heavy (non-hydrogen) atoms. The number of ether oxygens (including phenoxy) is 3. The van der Waals surface area contributed by atoms with E-state index in [4.69, 9.17) is 9.47 Å². The van der Waals surface area contributed by atoms with Gasteiger partial charge in [-0.1, -0.05) is 6.07 Å². The van der Waals surface area contributed by atoms with Gasteiger partial charge < -0.3 is 14.2 Å². The topological polar surface area (TPSA) is 73.9 Å². The fourth-order valence-electron chi connectivity index (χ4n) is 2.09. The van der Waals surface area contributed by atoms with E-state index in [2.05, 4.69) is 10.1 Å². The Morgan fingerprint density at radius 2 is 1.81 bits per heavy atom. The lowest BCUT2D eigenvalue weighted by atomic mass is 10.0. The van der Waals surface area contributed by atoms with Crippen LogP contribution in [-0.2, 0) is 14.3 Å². The Hall–Kier alpha value is -2.71. The van der Waals surface area contributed by atoms with Gasteiger partial charge in [0.05, 0.1) is 30.5 Å². The van der Waals surface area contributed by atoms with Crippen molar-refractivity contribution in [3.63, 3.8) is 0 Å². The SMILES string of the molecule is CCOC(=O)/C=C(\c1c(NC(=O)OC(C)(C)C)cccc1OC)C(F)(F)F. The maximum Gasteiger partial charge on any atom is 0.417 e. The summed E-state index contributed by atoms with van der Waals surface area (Å²) in [5.41, 5.74) is -2.90. The van der Waals surface area contributed by atoms with E-state index in [1.807, 2.05) is 0 Å². The van der Waals surface area contributed by atoms with E-state index in [0.29, 0.717) is 6.08 Å². The van der Waals surface area contributed by atoms with Gasteiger partial charge in [-0.15, -0.1) is 0 Å². The lowest BCUT2D eigenvalue weighted by Crippen LogP contribution is -2.28. The normalized spacial score (nSPS) is 12.4. The van der Waals surface area contributed by atoms with Crippen LogP contribution in [0.15, 0.2) is 24.3 Å². The van der Waals surface area contributed by atoms with Gasteiger partial charge in [0.1, 0.15) is 11.4 Å². The third-order valence-corrected chi connectivity index (χ3v) is 3.01. The minimum absolute atomic E-state index is 0.0879. The van der Waals surface area contributed by atoms with Gasteiger partial charge in [0.2, 0.25) is 0 Å². The Balaban J connectivity index is 3.49. The van der Waals surface area contributed by atoms with Crippen molar-refractivity contribution in [3.8, 4) is 5.75 Å². The van der Waals surface area contributed by atoms with Crippen LogP contribution in [0.4, 0.5) is 23.7 Å². The van der Waals surface area contributed by atoms with Gasteiger partial charge >= 0.3 is 18.2 Å². The highest BCUT2D eigenvalue weighted by molar-refractivity contribution is 5.98. The molecule has 0 aromatic heterocycles. The van der Waals surface area contributed by atoms with Gasteiger partial charge in [0, 0.05) is 6.08 Å². The number of hydrogen-bond donors (Lipinski definition) is 1. The van der Waals surface area contributed by atoms with Crippen molar-refractivity contribution in [2.75, 3.05) is 19.0 Å². The Morgan fingerprint density at radius 1 is 1.19 bits per heavy atom. The first-order valence-corrected chi connectivity index (χ1v) is 8.02. The summed E-state index contributed by atoms with van der Waals surface area (Å²) in [6.45, 7) is 6.22. The summed E-state index contributed by atoms with van der Waals surface area (Å²) in [5.74, 6) is -1.35. The number of rotatable bonds is 5. The summed E-state index contributed by atoms with van der Waals surface area (Å²) in [6, 6.07) is 3.92. The highest BCUT2D eigenvalue weighted by Gasteiger charge is 2.39. The van der Waals surface area contributed by atoms with Crippen LogP contribution in [-0.4, -0.2) is 37.6 Å². The summed E-state index contributed by atoms with van der Waals surface area (Å²) in [7, 11) is 1.18. The van der Waals surface area contributed by atoms with E-state index < -0.39 is 35.0 Å². The molecule has 1 aromatic rings. The van der Waals surface area contributed by atoms with Gasteiger partial charge in [-0.3, -0.25) is 5.32 Å². The molecule has 0 unspecified atom stereocenters. The summed E-state index contributed by atoms with van der Waals surface area (Å²) in [6.07, 6.45) is -5.54. The molecule has 1 aromatic carbocycles. The fraction of sp³-hybridized carbons (Fsp3) is 0.444. The number of methoxy groups -OCH3 is 1. The number of nitrogens with one attached hydrogen (secondary N) is 1. The van der Waals surface area contributed by atoms with Crippen LogP contribution < -0.4 is 10.1 Å². The molecule has 1 amide bonds. The number of anilines is 1. The molecule has 9 heteroatoms. The molecule has 6 nitrogen and oxygen atoms in total. The number of hydrogen-bond acceptors (Lipinski definition) is 5. The molecule has 0 aliphatic carbocycles. The van der Waals surface area contributed by atoms with Crippen molar-refractivity contribution < 1.29 is 37.0 Å². The molecule has 0 heterocycles. The summed E-state index contributed by atoms with van der Waals surface area (Å²) < 4.78 is 55.6. The highest BCUT2D eigenvalue weighted by Crippen LogP contribution is 2.42. The van der Waals surface area contributed by atoms with Gasteiger partial charge in [0.15, 0.2) is 0 Å². The number of esters is 1. The second-order valence-corrected chi connectivity index (χ2v) is 6.32. The molecule has 1 rings (SSSR count). The van der Waals surface area contributed by atoms with Crippen LogP contribution in [0, 0.1) is 0 Å². The molecular formula is C18H22F3NO5. The Morgan fingerprint density at radius 3 is 2.30 bits per heavy atom. The number of benzene rings is 1. The lowest BCUT2D eigenvalue weighted by Gasteiger charge is -2.22. The Kier molecular flexibility index (Phi) is 7.27. The average Bonchev–Trinajstić information content (AvgIpc) is 2.50. The van der Waals surface area contributed by atoms with Crippen molar-refractivity contribution in [2.45, 2.75) is 39.5 Å². The van der Waals surface area contributed by atoms with Gasteiger partial charge in [-0.25, -0.2) is 9.59 Å². The van der Waals surface area contributed by atoms with E-state index in [-0.39, 0.29) is 18.0 Å². The summed E-state index contributed by atoms with van der Waals surface area (Å²) in [4.78, 5) is 23.7. The van der Waals surface area contributed by atoms with Crippen LogP contribution >= 0.6 is 0 Å². The van der Waals surface area contributed by atoms with E-state index in [0.717, 1.165) is 0 Å². The van der Waals surface area contributed by atoms with Gasteiger partial charge in [-0.2, -0.15) is 13.2 Å². The monoisotopic (exact) mass is 389 g/mol. The Labute approximate surface area is 155 Å². The molecule has 0 aliphatic heterocycles. The first-order valence-electron chi connectivity index (χ1n) is 8.02. The quantitative estimate of drug-likeness (QED) is 0.591. The predicted molar refractivity (Wildman–Crippen MR) is 93.5 cm³/mol. The number of allylic oxidation sites excluding steroid dienone is 1. The minimum Gasteiger partial charge on any atom is -0.496 e. The fourth-order valence-corrected chi connectivity index (χ4v) is 2.09. The molecule has 0 bridgehead atoms. The second-order valence-electron chi connectivity index (χ2n) is 6.32. The molecule has 0 saturated carbocycles. The van der Waals surface area contributed by atoms with E-state index in [1.165, 1.54) is 32.2 Å². The van der Waals surface area contributed by atoms with Crippen LogP contribution in [0.1, 0.15) is 33.3 Å². The summed E-state index contributed by atoms with van der Waals surface area (Å²) >= 11 is 0. The first kappa shape index (κ1) is 22.3. The van der Waals surface area contributed by atoms with Gasteiger partial charge in [0.25, 0.3) is 0 Å². The molecule has 150 valence electrons. The zero-order valence-electron chi connectivity index (χ0n) is 15.7. The summed E-state index contributed by atoms with van der Waals surface area (Å²) in [5, 5.41) is 2.27. The van der Waals surface area contributed by atoms with Gasteiger partial charge in [-0.05, 0) is 39.8 Å². The standard InChI is InChI=1S/C18H22F3NO5/c1-6-26-14(23)10-11(18(19,20)21)15-12(8-7-9-13(15)25-5)22-16(24)27-17(2,3)4/h7-10H,6H2,1-5H3,(H,22,24)/b11-10+. The molecule has 0 spiro atoms. The Bertz CT molecular complexity index is 721. The largest absolute Gasteiger partial charge is 0.496 e. The molecule has 0 atom stereocenters. The molecule has 0 radical (unpaired) electrons. The number of alkyl halides is 3. The zero-order chi connectivity index (χ0) is 20.8. The first-order chi connectivity index (χ1) is 12.4. The zero-order valence-corrected chi connectivity index (χ0v) is 15.7. The molecule has 0 fully saturated rings. The lowest BCUT2D eigenvalue weighted by molar-refractivity contribution is -0.137. The predicted octanol–water partition coefficient (Wildman–Crippen LogP) is 4.55. The highest BCUT2D eigenvalue weighted by atomic mass is 19.4. The van der Waals surface area contributed by atoms with Crippen molar-refractivity contribution >= 4 is 23.3 Å². The maximum absolute atomic E-state index is 13.6. The molecular weight excluding hydrogens is 367 g/mol. The van der Waals surface area contributed by atoms with Crippen LogP contribution in [0.2, 0.25) is 0 Å². The maximum atomic E-state index is 13.6. The molecule has 0 saturated heterocycles. The average molecular weight is 389 g/mol. The van der Waals surface area contributed by atoms with Crippen LogP contribution in [0.5, 0.6) is 5.75 Å². The molecule has 1 N–H and O–H groups in total.